The summed E-state index contributed by atoms with van der Waals surface area (Å²) in [5.41, 5.74) is 2.07. The van der Waals surface area contributed by atoms with Crippen LogP contribution in [-0.4, -0.2) is 6.36 Å². The van der Waals surface area contributed by atoms with Gasteiger partial charge in [-0.2, -0.15) is 0 Å². The first-order valence-corrected chi connectivity index (χ1v) is 5.94. The number of ether oxygens (including phenoxy) is 2. The molecular weight excluding hydrogens is 269 g/mol. The molecule has 5 heteroatoms. The Bertz CT molecular complexity index is 589. The fraction of sp³-hybridized carbons (Fsp3) is 0.200. The predicted octanol–water partition coefficient (Wildman–Crippen LogP) is 4.99. The lowest BCUT2D eigenvalue weighted by molar-refractivity contribution is -0.274. The highest BCUT2D eigenvalue weighted by Crippen LogP contribution is 2.29. The van der Waals surface area contributed by atoms with Crippen molar-refractivity contribution in [1.29, 1.82) is 0 Å². The molecule has 0 saturated heterocycles. The van der Waals surface area contributed by atoms with Crippen molar-refractivity contribution >= 4 is 0 Å². The number of rotatable bonds is 3. The average molecular weight is 282 g/mol. The van der Waals surface area contributed by atoms with E-state index in [1.54, 1.807) is 0 Å². The first kappa shape index (κ1) is 14.2. The molecule has 106 valence electrons. The molecule has 0 saturated carbocycles. The molecule has 2 aromatic rings. The van der Waals surface area contributed by atoms with Crippen LogP contribution in [0.4, 0.5) is 13.2 Å². The molecule has 0 unspecified atom stereocenters. The minimum absolute atomic E-state index is 0.273. The first-order valence-electron chi connectivity index (χ1n) is 5.94. The summed E-state index contributed by atoms with van der Waals surface area (Å²) in [7, 11) is 0. The standard InChI is InChI=1S/C15H13F3O2/c1-10-3-8-14(11(2)9-10)19-12-4-6-13(7-5-12)20-15(16,17)18/h3-9H,1-2H3. The van der Waals surface area contributed by atoms with Gasteiger partial charge >= 0.3 is 6.36 Å². The summed E-state index contributed by atoms with van der Waals surface area (Å²) in [6.07, 6.45) is -4.68. The van der Waals surface area contributed by atoms with Crippen molar-refractivity contribution in [1.82, 2.24) is 0 Å². The number of hydrogen-bond acceptors (Lipinski definition) is 2. The van der Waals surface area contributed by atoms with Crippen molar-refractivity contribution < 1.29 is 22.6 Å². The average Bonchev–Trinajstić information content (AvgIpc) is 2.33. The zero-order chi connectivity index (χ0) is 14.8. The molecule has 0 N–H and O–H groups in total. The number of benzene rings is 2. The molecule has 0 atom stereocenters. The Morgan fingerprint density at radius 3 is 2.00 bits per heavy atom. The van der Waals surface area contributed by atoms with Gasteiger partial charge in [0.25, 0.3) is 0 Å². The number of alkyl halides is 3. The second-order valence-electron chi connectivity index (χ2n) is 4.39. The molecule has 0 amide bonds. The molecule has 0 aromatic heterocycles. The van der Waals surface area contributed by atoms with Gasteiger partial charge in [0.2, 0.25) is 0 Å². The predicted molar refractivity (Wildman–Crippen MR) is 69.1 cm³/mol. The lowest BCUT2D eigenvalue weighted by Crippen LogP contribution is -2.16. The SMILES string of the molecule is Cc1ccc(Oc2ccc(OC(F)(F)F)cc2)c(C)c1. The van der Waals surface area contributed by atoms with E-state index in [4.69, 9.17) is 4.74 Å². The van der Waals surface area contributed by atoms with Gasteiger partial charge in [-0.05, 0) is 49.7 Å². The number of hydrogen-bond donors (Lipinski definition) is 0. The van der Waals surface area contributed by atoms with Gasteiger partial charge in [-0.15, -0.1) is 13.2 Å². The number of aryl methyl sites for hydroxylation is 2. The van der Waals surface area contributed by atoms with Crippen LogP contribution in [0.5, 0.6) is 17.2 Å². The van der Waals surface area contributed by atoms with Gasteiger partial charge in [0, 0.05) is 0 Å². The Morgan fingerprint density at radius 1 is 0.850 bits per heavy atom. The molecule has 0 spiro atoms. The van der Waals surface area contributed by atoms with Gasteiger partial charge in [0.1, 0.15) is 17.2 Å². The summed E-state index contributed by atoms with van der Waals surface area (Å²) in [5, 5.41) is 0. The summed E-state index contributed by atoms with van der Waals surface area (Å²) >= 11 is 0. The van der Waals surface area contributed by atoms with Crippen molar-refractivity contribution in [2.24, 2.45) is 0 Å². The van der Waals surface area contributed by atoms with Crippen LogP contribution in [0.3, 0.4) is 0 Å². The maximum Gasteiger partial charge on any atom is 0.573 e. The van der Waals surface area contributed by atoms with Crippen molar-refractivity contribution in [3.63, 3.8) is 0 Å². The van der Waals surface area contributed by atoms with Crippen LogP contribution in [0.2, 0.25) is 0 Å². The first-order chi connectivity index (χ1) is 9.33. The maximum atomic E-state index is 12.0. The molecular formula is C15H13F3O2. The second-order valence-corrected chi connectivity index (χ2v) is 4.39. The third-order valence-corrected chi connectivity index (χ3v) is 2.62. The van der Waals surface area contributed by atoms with Crippen LogP contribution in [0, 0.1) is 13.8 Å². The van der Waals surface area contributed by atoms with Crippen molar-refractivity contribution in [3.05, 3.63) is 53.6 Å². The molecule has 0 aliphatic rings. The van der Waals surface area contributed by atoms with Gasteiger partial charge in [-0.3, -0.25) is 0 Å². The molecule has 0 aliphatic carbocycles. The fourth-order valence-electron chi connectivity index (χ4n) is 1.75. The second kappa shape index (κ2) is 5.45. The third-order valence-electron chi connectivity index (χ3n) is 2.62. The van der Waals surface area contributed by atoms with Gasteiger partial charge in [0.05, 0.1) is 0 Å². The van der Waals surface area contributed by atoms with Crippen LogP contribution in [0.15, 0.2) is 42.5 Å². The lowest BCUT2D eigenvalue weighted by Gasteiger charge is -2.11. The normalized spacial score (nSPS) is 11.2. The zero-order valence-electron chi connectivity index (χ0n) is 11.0. The molecule has 0 fully saturated rings. The molecule has 20 heavy (non-hydrogen) atoms. The van der Waals surface area contributed by atoms with Crippen molar-refractivity contribution in [3.8, 4) is 17.2 Å². The van der Waals surface area contributed by atoms with E-state index < -0.39 is 6.36 Å². The van der Waals surface area contributed by atoms with E-state index in [1.807, 2.05) is 32.0 Å². The molecule has 2 aromatic carbocycles. The van der Waals surface area contributed by atoms with Gasteiger partial charge in [-0.25, -0.2) is 0 Å². The van der Waals surface area contributed by atoms with Crippen LogP contribution in [-0.2, 0) is 0 Å². The van der Waals surface area contributed by atoms with Crippen LogP contribution in [0.25, 0.3) is 0 Å². The van der Waals surface area contributed by atoms with Gasteiger partial charge < -0.3 is 9.47 Å². The van der Waals surface area contributed by atoms with Crippen LogP contribution in [0.1, 0.15) is 11.1 Å². The molecule has 2 rings (SSSR count). The highest BCUT2D eigenvalue weighted by molar-refractivity contribution is 5.40. The molecule has 0 bridgehead atoms. The summed E-state index contributed by atoms with van der Waals surface area (Å²) in [4.78, 5) is 0. The highest BCUT2D eigenvalue weighted by atomic mass is 19.4. The minimum atomic E-state index is -4.68. The molecule has 0 heterocycles. The summed E-state index contributed by atoms with van der Waals surface area (Å²) in [6, 6.07) is 11.0. The fourth-order valence-corrected chi connectivity index (χ4v) is 1.75. The third kappa shape index (κ3) is 3.91. The maximum absolute atomic E-state index is 12.0. The Kier molecular flexibility index (Phi) is 3.88. The highest BCUT2D eigenvalue weighted by Gasteiger charge is 2.30. The van der Waals surface area contributed by atoms with E-state index in [9.17, 15) is 13.2 Å². The van der Waals surface area contributed by atoms with E-state index in [-0.39, 0.29) is 5.75 Å². The van der Waals surface area contributed by atoms with E-state index in [1.165, 1.54) is 24.3 Å². The van der Waals surface area contributed by atoms with Crippen molar-refractivity contribution in [2.45, 2.75) is 20.2 Å². The van der Waals surface area contributed by atoms with Crippen molar-refractivity contribution in [2.75, 3.05) is 0 Å². The Labute approximate surface area is 114 Å². The quantitative estimate of drug-likeness (QED) is 0.789. The molecule has 0 aliphatic heterocycles. The van der Waals surface area contributed by atoms with E-state index in [0.717, 1.165) is 11.1 Å². The summed E-state index contributed by atoms with van der Waals surface area (Å²) < 4.78 is 45.5. The van der Waals surface area contributed by atoms with E-state index in [0.29, 0.717) is 11.5 Å². The molecule has 2 nitrogen and oxygen atoms in total. The van der Waals surface area contributed by atoms with Gasteiger partial charge in [0.15, 0.2) is 0 Å². The smallest absolute Gasteiger partial charge is 0.457 e. The van der Waals surface area contributed by atoms with E-state index >= 15 is 0 Å². The topological polar surface area (TPSA) is 18.5 Å². The summed E-state index contributed by atoms with van der Waals surface area (Å²) in [5.74, 6) is 0.844. The van der Waals surface area contributed by atoms with Crippen LogP contribution >= 0.6 is 0 Å². The Balaban J connectivity index is 2.11. The Morgan fingerprint density at radius 2 is 1.45 bits per heavy atom. The zero-order valence-corrected chi connectivity index (χ0v) is 11.0. The Hall–Kier alpha value is -2.17. The number of halogens is 3. The summed E-state index contributed by atoms with van der Waals surface area (Å²) in [6.45, 7) is 3.88. The monoisotopic (exact) mass is 282 g/mol. The molecule has 0 radical (unpaired) electrons. The lowest BCUT2D eigenvalue weighted by atomic mass is 10.1. The van der Waals surface area contributed by atoms with Crippen LogP contribution < -0.4 is 9.47 Å². The largest absolute Gasteiger partial charge is 0.573 e. The van der Waals surface area contributed by atoms with E-state index in [2.05, 4.69) is 4.74 Å². The van der Waals surface area contributed by atoms with Gasteiger partial charge in [-0.1, -0.05) is 17.7 Å². The minimum Gasteiger partial charge on any atom is -0.457 e.